The lowest BCUT2D eigenvalue weighted by Crippen LogP contribution is -2.19. The van der Waals surface area contributed by atoms with E-state index in [9.17, 15) is 9.59 Å². The van der Waals surface area contributed by atoms with Crippen molar-refractivity contribution in [2.75, 3.05) is 16.0 Å². The first-order valence-corrected chi connectivity index (χ1v) is 9.34. The molecule has 0 saturated heterocycles. The van der Waals surface area contributed by atoms with Crippen molar-refractivity contribution in [2.45, 2.75) is 6.92 Å². The molecule has 0 spiro atoms. The number of halogens is 1. The minimum atomic E-state index is -0.414. The summed E-state index contributed by atoms with van der Waals surface area (Å²) in [6.07, 6.45) is 0. The van der Waals surface area contributed by atoms with Gasteiger partial charge >= 0.3 is 6.03 Å². The second kappa shape index (κ2) is 8.11. The first kappa shape index (κ1) is 18.1. The predicted molar refractivity (Wildman–Crippen MR) is 108 cm³/mol. The molecule has 1 aromatic heterocycles. The van der Waals surface area contributed by atoms with Crippen LogP contribution in [0, 0.1) is 6.92 Å². The highest BCUT2D eigenvalue weighted by molar-refractivity contribution is 9.10. The average Bonchev–Trinajstić information content (AvgIpc) is 3.07. The molecular weight excluding hydrogens is 416 g/mol. The van der Waals surface area contributed by atoms with Gasteiger partial charge in [0, 0.05) is 21.2 Å². The van der Waals surface area contributed by atoms with Crippen LogP contribution in [-0.2, 0) is 0 Å². The molecule has 0 atom stereocenters. The van der Waals surface area contributed by atoms with E-state index in [1.807, 2.05) is 43.3 Å². The zero-order valence-electron chi connectivity index (χ0n) is 13.7. The topological polar surface area (TPSA) is 83.1 Å². The number of nitrogens with one attached hydrogen (secondary N) is 3. The van der Waals surface area contributed by atoms with Crippen LogP contribution in [0.4, 0.5) is 21.3 Å². The van der Waals surface area contributed by atoms with Gasteiger partial charge in [-0.2, -0.15) is 0 Å². The lowest BCUT2D eigenvalue weighted by atomic mass is 10.2. The van der Waals surface area contributed by atoms with Gasteiger partial charge in [-0.3, -0.25) is 10.1 Å². The number of rotatable bonds is 4. The number of hydrogen-bond acceptors (Lipinski definition) is 4. The zero-order valence-corrected chi connectivity index (χ0v) is 16.1. The summed E-state index contributed by atoms with van der Waals surface area (Å²) in [6.45, 7) is 1.97. The lowest BCUT2D eigenvalue weighted by molar-refractivity contribution is 0.102. The highest BCUT2D eigenvalue weighted by atomic mass is 79.9. The monoisotopic (exact) mass is 430 g/mol. The third-order valence-corrected chi connectivity index (χ3v) is 4.66. The van der Waals surface area contributed by atoms with Crippen LogP contribution < -0.4 is 16.0 Å². The molecule has 3 rings (SSSR count). The molecule has 3 N–H and O–H groups in total. The number of amides is 3. The molecule has 0 unspecified atom stereocenters. The highest BCUT2D eigenvalue weighted by Gasteiger charge is 2.13. The smallest absolute Gasteiger partial charge is 0.321 e. The Morgan fingerprint density at radius 3 is 2.23 bits per heavy atom. The number of urea groups is 1. The quantitative estimate of drug-likeness (QED) is 0.537. The third kappa shape index (κ3) is 4.90. The van der Waals surface area contributed by atoms with E-state index in [2.05, 4.69) is 36.9 Å². The fourth-order valence-electron chi connectivity index (χ4n) is 2.06. The van der Waals surface area contributed by atoms with Crippen LogP contribution >= 0.6 is 27.3 Å². The molecule has 2 aromatic carbocycles. The number of carbonyl (C=O) groups excluding carboxylic acids is 2. The lowest BCUT2D eigenvalue weighted by Gasteiger charge is -2.05. The van der Waals surface area contributed by atoms with Gasteiger partial charge in [-0.05, 0) is 43.3 Å². The van der Waals surface area contributed by atoms with Gasteiger partial charge < -0.3 is 10.6 Å². The molecule has 1 heterocycles. The second-order valence-corrected chi connectivity index (χ2v) is 7.22. The van der Waals surface area contributed by atoms with Gasteiger partial charge in [0.2, 0.25) is 0 Å². The third-order valence-electron chi connectivity index (χ3n) is 3.37. The Labute approximate surface area is 162 Å². The summed E-state index contributed by atoms with van der Waals surface area (Å²) in [5.41, 5.74) is 2.69. The number of aromatic nitrogens is 1. The van der Waals surface area contributed by atoms with E-state index in [4.69, 9.17) is 0 Å². The maximum absolute atomic E-state index is 12.2. The first-order valence-electron chi connectivity index (χ1n) is 7.67. The van der Waals surface area contributed by atoms with Gasteiger partial charge in [-0.25, -0.2) is 9.78 Å². The van der Waals surface area contributed by atoms with Crippen LogP contribution in [0.1, 0.15) is 16.1 Å². The van der Waals surface area contributed by atoms with Crippen molar-refractivity contribution in [3.05, 3.63) is 69.6 Å². The van der Waals surface area contributed by atoms with Gasteiger partial charge in [-0.15, -0.1) is 11.3 Å². The average molecular weight is 431 g/mol. The summed E-state index contributed by atoms with van der Waals surface area (Å²) in [5, 5.41) is 10.0. The van der Waals surface area contributed by atoms with Gasteiger partial charge in [0.05, 0.1) is 0 Å². The van der Waals surface area contributed by atoms with Crippen molar-refractivity contribution in [3.63, 3.8) is 0 Å². The molecule has 6 nitrogen and oxygen atoms in total. The number of anilines is 3. The molecular formula is C18H15BrN4O2S. The maximum Gasteiger partial charge on any atom is 0.325 e. The van der Waals surface area contributed by atoms with Gasteiger partial charge in [0.1, 0.15) is 5.69 Å². The molecule has 8 heteroatoms. The summed E-state index contributed by atoms with van der Waals surface area (Å²) in [4.78, 5) is 28.4. The second-order valence-electron chi connectivity index (χ2n) is 5.44. The van der Waals surface area contributed by atoms with E-state index in [1.54, 1.807) is 17.5 Å². The van der Waals surface area contributed by atoms with E-state index < -0.39 is 6.03 Å². The minimum absolute atomic E-state index is 0.239. The number of nitrogens with zero attached hydrogens (tertiary/aromatic N) is 1. The molecule has 3 amide bonds. The van der Waals surface area contributed by atoms with Gasteiger partial charge in [-0.1, -0.05) is 33.6 Å². The Balaban J connectivity index is 1.58. The van der Waals surface area contributed by atoms with Crippen LogP contribution in [0.3, 0.4) is 0 Å². The molecule has 0 radical (unpaired) electrons. The molecule has 0 aliphatic heterocycles. The summed E-state index contributed by atoms with van der Waals surface area (Å²) in [7, 11) is 0. The number of aryl methyl sites for hydroxylation is 1. The van der Waals surface area contributed by atoms with Crippen molar-refractivity contribution >= 4 is 55.7 Å². The SMILES string of the molecule is Cc1ccc(NC(=O)Nc2nc(C(=O)Nc3ccc(Br)cc3)cs2)cc1. The van der Waals surface area contributed by atoms with E-state index in [0.29, 0.717) is 16.5 Å². The Morgan fingerprint density at radius 1 is 0.923 bits per heavy atom. The van der Waals surface area contributed by atoms with Crippen molar-refractivity contribution < 1.29 is 9.59 Å². The summed E-state index contributed by atoms with van der Waals surface area (Å²) < 4.78 is 0.926. The standard InChI is InChI=1S/C18H15BrN4O2S/c1-11-2-6-14(7-3-11)21-17(25)23-18-22-15(10-26-18)16(24)20-13-8-4-12(19)5-9-13/h2-10H,1H3,(H,20,24)(H2,21,22,23,25). The van der Waals surface area contributed by atoms with E-state index in [1.165, 1.54) is 11.3 Å². The highest BCUT2D eigenvalue weighted by Crippen LogP contribution is 2.19. The predicted octanol–water partition coefficient (Wildman–Crippen LogP) is 5.11. The van der Waals surface area contributed by atoms with Crippen molar-refractivity contribution in [1.82, 2.24) is 4.98 Å². The zero-order chi connectivity index (χ0) is 18.5. The number of benzene rings is 2. The maximum atomic E-state index is 12.2. The van der Waals surface area contributed by atoms with Crippen molar-refractivity contribution in [3.8, 4) is 0 Å². The molecule has 0 saturated carbocycles. The van der Waals surface area contributed by atoms with Gasteiger partial charge in [0.25, 0.3) is 5.91 Å². The largest absolute Gasteiger partial charge is 0.325 e. The number of carbonyl (C=O) groups is 2. The normalized spacial score (nSPS) is 10.2. The number of thiazole rings is 1. The Kier molecular flexibility index (Phi) is 5.65. The molecule has 0 aliphatic carbocycles. The Hall–Kier alpha value is -2.71. The van der Waals surface area contributed by atoms with E-state index in [0.717, 1.165) is 10.0 Å². The van der Waals surface area contributed by atoms with Crippen molar-refractivity contribution in [1.29, 1.82) is 0 Å². The molecule has 0 bridgehead atoms. The molecule has 132 valence electrons. The van der Waals surface area contributed by atoms with Crippen LogP contribution in [0.25, 0.3) is 0 Å². The fraction of sp³-hybridized carbons (Fsp3) is 0.0556. The van der Waals surface area contributed by atoms with Crippen LogP contribution in [0.5, 0.6) is 0 Å². The van der Waals surface area contributed by atoms with E-state index >= 15 is 0 Å². The minimum Gasteiger partial charge on any atom is -0.321 e. The van der Waals surface area contributed by atoms with Crippen LogP contribution in [-0.4, -0.2) is 16.9 Å². The summed E-state index contributed by atoms with van der Waals surface area (Å²) in [5.74, 6) is -0.337. The molecule has 0 aliphatic rings. The van der Waals surface area contributed by atoms with Gasteiger partial charge in [0.15, 0.2) is 5.13 Å². The Bertz CT molecular complexity index is 923. The molecule has 3 aromatic rings. The van der Waals surface area contributed by atoms with E-state index in [-0.39, 0.29) is 11.6 Å². The Morgan fingerprint density at radius 2 is 1.54 bits per heavy atom. The molecule has 0 fully saturated rings. The summed E-state index contributed by atoms with van der Waals surface area (Å²) >= 11 is 4.52. The van der Waals surface area contributed by atoms with Crippen molar-refractivity contribution in [2.24, 2.45) is 0 Å². The van der Waals surface area contributed by atoms with Crippen LogP contribution in [0.15, 0.2) is 58.4 Å². The van der Waals surface area contributed by atoms with Crippen LogP contribution in [0.2, 0.25) is 0 Å². The summed E-state index contributed by atoms with van der Waals surface area (Å²) in [6, 6.07) is 14.3. The molecule has 26 heavy (non-hydrogen) atoms. The number of hydrogen-bond donors (Lipinski definition) is 3. The first-order chi connectivity index (χ1) is 12.5. The fourth-order valence-corrected chi connectivity index (χ4v) is 3.01.